The summed E-state index contributed by atoms with van der Waals surface area (Å²) in [6.45, 7) is 9.57. The normalized spacial score (nSPS) is 24.8. The predicted octanol–water partition coefficient (Wildman–Crippen LogP) is -0.434. The van der Waals surface area contributed by atoms with Crippen LogP contribution < -0.4 is 31.9 Å². The summed E-state index contributed by atoms with van der Waals surface area (Å²) in [5.74, 6) is -4.86. The van der Waals surface area contributed by atoms with Gasteiger partial charge in [0.05, 0.1) is 25.3 Å². The van der Waals surface area contributed by atoms with Crippen molar-refractivity contribution in [2.75, 3.05) is 0 Å². The number of carbonyl (C=O) groups excluding carboxylic acids is 6. The number of nitrogens with zero attached hydrogens (tertiary/aromatic N) is 2. The highest BCUT2D eigenvalue weighted by Crippen LogP contribution is 2.16. The molecule has 0 fully saturated rings. The molecule has 0 saturated heterocycles. The number of fused-ring (bicyclic) bond motifs is 4. The van der Waals surface area contributed by atoms with Crippen LogP contribution in [0.25, 0.3) is 0 Å². The second-order valence-electron chi connectivity index (χ2n) is 11.8. The smallest absolute Gasteiger partial charge is 0.271 e. The zero-order valence-corrected chi connectivity index (χ0v) is 29.3. The Morgan fingerprint density at radius 3 is 1.29 bits per heavy atom. The number of nitrogens with one attached hydrogen (secondary N) is 6. The number of aliphatic hydroxyl groups excluding tert-OH is 2. The maximum atomic E-state index is 13.4. The predicted molar refractivity (Wildman–Crippen MR) is 177 cm³/mol. The highest BCUT2D eigenvalue weighted by molar-refractivity contribution is 7.10. The quantitative estimate of drug-likeness (QED) is 0.193. The van der Waals surface area contributed by atoms with Crippen molar-refractivity contribution in [1.82, 2.24) is 41.9 Å². The van der Waals surface area contributed by atoms with Crippen molar-refractivity contribution >= 4 is 58.1 Å². The highest BCUT2D eigenvalue weighted by Gasteiger charge is 2.34. The van der Waals surface area contributed by atoms with Crippen LogP contribution in [-0.4, -0.2) is 92.0 Å². The Labute approximate surface area is 286 Å². The van der Waals surface area contributed by atoms with E-state index in [4.69, 9.17) is 0 Å². The molecule has 0 spiro atoms. The molecule has 1 aliphatic heterocycles. The molecule has 0 saturated carbocycles. The van der Waals surface area contributed by atoms with Gasteiger partial charge in [0.25, 0.3) is 11.8 Å². The van der Waals surface area contributed by atoms with Crippen LogP contribution in [0, 0.1) is 11.8 Å². The Bertz CT molecular complexity index is 1370. The van der Waals surface area contributed by atoms with E-state index in [0.29, 0.717) is 22.9 Å². The molecule has 0 radical (unpaired) electrons. The molecule has 3 rings (SSSR count). The van der Waals surface area contributed by atoms with Gasteiger partial charge in [0.2, 0.25) is 23.6 Å². The standard InChI is InChI=1S/C30H44N8O8S2/c1-7-13(3)21-29(45)37-23(15(5)39)27(43)31-10-20-34-18(12-48-20)26(42)36-22(14(4)8-2)30(46)38-24(16(6)40)28(44)32-9-19-33-17(11-47-19)25(41)35-21/h11-16,21-24,39-40H,7-10H2,1-6H3,(H,31,43)(H,32,44)(H,35,41)(H,36,42)(H,37,45)(H,38,46)/t13?,14?,15-,16-,21-,22+,23+,24+/m1/s1. The van der Waals surface area contributed by atoms with E-state index in [-0.39, 0.29) is 36.3 Å². The molecule has 1 aliphatic rings. The van der Waals surface area contributed by atoms with Gasteiger partial charge < -0.3 is 42.1 Å². The molecule has 2 aromatic heterocycles. The van der Waals surface area contributed by atoms with Crippen LogP contribution in [0.15, 0.2) is 10.8 Å². The van der Waals surface area contributed by atoms with Crippen LogP contribution in [-0.2, 0) is 32.3 Å². The average Bonchev–Trinajstić information content (AvgIpc) is 3.73. The van der Waals surface area contributed by atoms with Crippen molar-refractivity contribution in [3.8, 4) is 0 Å². The molecule has 0 aromatic carbocycles. The second-order valence-corrected chi connectivity index (χ2v) is 13.7. The van der Waals surface area contributed by atoms with Gasteiger partial charge in [-0.05, 0) is 25.7 Å². The number of thiazole rings is 2. The first kappa shape index (κ1) is 38.4. The summed E-state index contributed by atoms with van der Waals surface area (Å²) >= 11 is 2.14. The maximum Gasteiger partial charge on any atom is 0.271 e. The minimum Gasteiger partial charge on any atom is -0.391 e. The van der Waals surface area contributed by atoms with E-state index >= 15 is 0 Å². The third-order valence-corrected chi connectivity index (χ3v) is 9.78. The fraction of sp³-hybridized carbons (Fsp3) is 0.600. The summed E-state index contributed by atoms with van der Waals surface area (Å²) in [5.41, 5.74) is -0.0279. The monoisotopic (exact) mass is 708 g/mol. The SMILES string of the molecule is CCC(C)[C@@H]1NC(=O)c2csc(n2)CNC(=O)[C@H]([C@@H](C)O)NC(=O)[C@@H](C(C)CC)NC(=O)c2csc(n2)CNC(=O)[C@H]([C@@H](C)O)NC1=O. The summed E-state index contributed by atoms with van der Waals surface area (Å²) in [6, 6.07) is -4.91. The summed E-state index contributed by atoms with van der Waals surface area (Å²) in [7, 11) is 0. The van der Waals surface area contributed by atoms with Gasteiger partial charge in [-0.3, -0.25) is 28.8 Å². The molecule has 2 aromatic rings. The van der Waals surface area contributed by atoms with E-state index < -0.39 is 71.8 Å². The first-order chi connectivity index (χ1) is 22.7. The van der Waals surface area contributed by atoms with Gasteiger partial charge in [-0.15, -0.1) is 22.7 Å². The van der Waals surface area contributed by atoms with Crippen molar-refractivity contribution < 1.29 is 39.0 Å². The van der Waals surface area contributed by atoms with E-state index in [0.717, 1.165) is 22.7 Å². The number of hydrogen-bond donors (Lipinski definition) is 8. The Balaban J connectivity index is 1.96. The van der Waals surface area contributed by atoms with Crippen LogP contribution in [0.3, 0.4) is 0 Å². The molecule has 0 aliphatic carbocycles. The van der Waals surface area contributed by atoms with Gasteiger partial charge in [0.15, 0.2) is 0 Å². The lowest BCUT2D eigenvalue weighted by atomic mass is 9.97. The highest BCUT2D eigenvalue weighted by atomic mass is 32.1. The van der Waals surface area contributed by atoms with E-state index in [2.05, 4.69) is 41.9 Å². The summed E-state index contributed by atoms with van der Waals surface area (Å²) in [4.78, 5) is 87.8. The minimum absolute atomic E-state index is 0.0139. The van der Waals surface area contributed by atoms with E-state index in [9.17, 15) is 39.0 Å². The zero-order valence-electron chi connectivity index (χ0n) is 27.7. The molecule has 48 heavy (non-hydrogen) atoms. The molecule has 2 unspecified atom stereocenters. The summed E-state index contributed by atoms with van der Waals surface area (Å²) in [6.07, 6.45) is -1.60. The maximum absolute atomic E-state index is 13.4. The number of aliphatic hydroxyl groups is 2. The molecule has 6 amide bonds. The van der Waals surface area contributed by atoms with Gasteiger partial charge in [0.1, 0.15) is 45.6 Å². The van der Waals surface area contributed by atoms with Crippen LogP contribution in [0.1, 0.15) is 85.4 Å². The molecule has 8 N–H and O–H groups in total. The Morgan fingerprint density at radius 1 is 0.625 bits per heavy atom. The molecule has 16 nitrogen and oxygen atoms in total. The lowest BCUT2D eigenvalue weighted by Gasteiger charge is -2.27. The van der Waals surface area contributed by atoms with Gasteiger partial charge in [-0.1, -0.05) is 40.5 Å². The summed E-state index contributed by atoms with van der Waals surface area (Å²) in [5, 5.41) is 39.9. The van der Waals surface area contributed by atoms with Gasteiger partial charge in [-0.25, -0.2) is 9.97 Å². The Morgan fingerprint density at radius 2 is 0.979 bits per heavy atom. The number of rotatable bonds is 6. The lowest BCUT2D eigenvalue weighted by Crippen LogP contribution is -2.58. The van der Waals surface area contributed by atoms with Crippen molar-refractivity contribution in [3.63, 3.8) is 0 Å². The van der Waals surface area contributed by atoms with Crippen molar-refractivity contribution in [2.45, 2.75) is 104 Å². The van der Waals surface area contributed by atoms with Crippen LogP contribution in [0.5, 0.6) is 0 Å². The first-order valence-electron chi connectivity index (χ1n) is 15.7. The molecule has 8 atom stereocenters. The number of aromatic nitrogens is 2. The van der Waals surface area contributed by atoms with Crippen LogP contribution >= 0.6 is 22.7 Å². The topological polar surface area (TPSA) is 241 Å². The van der Waals surface area contributed by atoms with Crippen molar-refractivity contribution in [3.05, 3.63) is 32.2 Å². The van der Waals surface area contributed by atoms with Gasteiger partial charge >= 0.3 is 0 Å². The fourth-order valence-corrected chi connectivity index (χ4v) is 6.10. The lowest BCUT2D eigenvalue weighted by molar-refractivity contribution is -0.133. The number of amides is 6. The van der Waals surface area contributed by atoms with Gasteiger partial charge in [0, 0.05) is 10.8 Å². The third-order valence-electron chi connectivity index (χ3n) is 8.09. The third kappa shape index (κ3) is 10.0. The largest absolute Gasteiger partial charge is 0.391 e. The van der Waals surface area contributed by atoms with Crippen LogP contribution in [0.4, 0.5) is 0 Å². The van der Waals surface area contributed by atoms with Crippen molar-refractivity contribution in [1.29, 1.82) is 0 Å². The number of hydrogen-bond acceptors (Lipinski definition) is 12. The van der Waals surface area contributed by atoms with E-state index in [1.165, 1.54) is 24.6 Å². The van der Waals surface area contributed by atoms with Crippen LogP contribution in [0.2, 0.25) is 0 Å². The first-order valence-corrected chi connectivity index (χ1v) is 17.4. The molecule has 264 valence electrons. The minimum atomic E-state index is -1.37. The van der Waals surface area contributed by atoms with Crippen molar-refractivity contribution in [2.24, 2.45) is 11.8 Å². The molecule has 18 heteroatoms. The molecular formula is C30H44N8O8S2. The average molecular weight is 709 g/mol. The molecule has 3 heterocycles. The Hall–Kier alpha value is -4.00. The Kier molecular flexibility index (Phi) is 13.9. The molecule has 4 bridgehead atoms. The van der Waals surface area contributed by atoms with E-state index in [1.54, 1.807) is 13.8 Å². The summed E-state index contributed by atoms with van der Waals surface area (Å²) < 4.78 is 0. The molecular weight excluding hydrogens is 665 g/mol. The van der Waals surface area contributed by atoms with Gasteiger partial charge in [-0.2, -0.15) is 0 Å². The second kappa shape index (κ2) is 17.4. The zero-order chi connectivity index (χ0) is 35.7. The van der Waals surface area contributed by atoms with E-state index in [1.807, 2.05) is 13.8 Å². The fourth-order valence-electron chi connectivity index (χ4n) is 4.67. The number of carbonyl (C=O) groups is 6.